The second-order valence-electron chi connectivity index (χ2n) is 3.87. The number of halogens is 6. The minimum Gasteiger partial charge on any atom is -0.0508 e. The van der Waals surface area contributed by atoms with Crippen LogP contribution in [0.25, 0.3) is 0 Å². The zero-order valence-corrected chi connectivity index (χ0v) is 18.8. The Morgan fingerprint density at radius 2 is 0.789 bits per heavy atom. The summed E-state index contributed by atoms with van der Waals surface area (Å²) in [5, 5.41) is 0. The highest BCUT2D eigenvalue weighted by molar-refractivity contribution is 9.12. The average Bonchev–Trinajstić information content (AvgIpc) is 2.25. The van der Waals surface area contributed by atoms with Crippen molar-refractivity contribution in [3.05, 3.63) is 62.2 Å². The molecule has 0 atom stereocenters. The molecule has 0 heterocycles. The van der Waals surface area contributed by atoms with E-state index in [1.54, 1.807) is 0 Å². The van der Waals surface area contributed by atoms with E-state index >= 15 is 0 Å². The van der Waals surface area contributed by atoms with Gasteiger partial charge in [-0.1, -0.05) is 95.6 Å². The highest BCUT2D eigenvalue weighted by Gasteiger charge is 2.13. The standard InChI is InChI=1S/C13H6Br6/c14-6-1-10(16)8(11(17)2-6)5-9-12(18)3-7(15)4-13(9)19/h1-4H,5H2. The maximum absolute atomic E-state index is 3.62. The highest BCUT2D eigenvalue weighted by atomic mass is 79.9. The highest BCUT2D eigenvalue weighted by Crippen LogP contribution is 2.36. The molecule has 0 saturated carbocycles. The summed E-state index contributed by atoms with van der Waals surface area (Å²) in [7, 11) is 0. The molecule has 0 nitrogen and oxygen atoms in total. The van der Waals surface area contributed by atoms with Gasteiger partial charge in [-0.05, 0) is 35.4 Å². The minimum atomic E-state index is 0.822. The SMILES string of the molecule is Brc1cc(Br)c(Cc2c(Br)cc(Br)cc2Br)c(Br)c1. The Bertz CT molecular complexity index is 534. The van der Waals surface area contributed by atoms with E-state index in [2.05, 4.69) is 120 Å². The fourth-order valence-corrected chi connectivity index (χ4v) is 6.74. The summed E-state index contributed by atoms with van der Waals surface area (Å²) >= 11 is 21.4. The normalized spacial score (nSPS) is 10.8. The van der Waals surface area contributed by atoms with Gasteiger partial charge >= 0.3 is 0 Å². The van der Waals surface area contributed by atoms with Gasteiger partial charge in [-0.25, -0.2) is 0 Å². The third-order valence-electron chi connectivity index (χ3n) is 2.57. The molecule has 0 spiro atoms. The van der Waals surface area contributed by atoms with E-state index in [-0.39, 0.29) is 0 Å². The van der Waals surface area contributed by atoms with E-state index in [1.807, 2.05) is 0 Å². The first-order valence-corrected chi connectivity index (χ1v) is 9.91. The van der Waals surface area contributed by atoms with Crippen molar-refractivity contribution in [1.29, 1.82) is 0 Å². The molecule has 19 heavy (non-hydrogen) atoms. The van der Waals surface area contributed by atoms with Crippen LogP contribution >= 0.6 is 95.6 Å². The van der Waals surface area contributed by atoms with E-state index in [0.29, 0.717) is 0 Å². The van der Waals surface area contributed by atoms with Crippen LogP contribution in [0.4, 0.5) is 0 Å². The van der Waals surface area contributed by atoms with E-state index in [1.165, 1.54) is 11.1 Å². The molecule has 2 rings (SSSR count). The van der Waals surface area contributed by atoms with Crippen molar-refractivity contribution in [3.63, 3.8) is 0 Å². The van der Waals surface area contributed by atoms with Crippen LogP contribution in [0.2, 0.25) is 0 Å². The molecule has 0 bridgehead atoms. The Balaban J connectivity index is 2.48. The number of hydrogen-bond donors (Lipinski definition) is 0. The fraction of sp³-hybridized carbons (Fsp3) is 0.0769. The molecule has 100 valence electrons. The van der Waals surface area contributed by atoms with Gasteiger partial charge in [0.25, 0.3) is 0 Å². The monoisotopic (exact) mass is 636 g/mol. The van der Waals surface area contributed by atoms with Crippen LogP contribution in [0, 0.1) is 0 Å². The minimum absolute atomic E-state index is 0.822. The summed E-state index contributed by atoms with van der Waals surface area (Å²) < 4.78 is 6.41. The lowest BCUT2D eigenvalue weighted by atomic mass is 10.1. The van der Waals surface area contributed by atoms with Crippen LogP contribution in [0.15, 0.2) is 51.1 Å². The van der Waals surface area contributed by atoms with Gasteiger partial charge in [-0.3, -0.25) is 0 Å². The van der Waals surface area contributed by atoms with Crippen LogP contribution in [0.5, 0.6) is 0 Å². The molecule has 0 unspecified atom stereocenters. The van der Waals surface area contributed by atoms with Crippen LogP contribution in [-0.4, -0.2) is 0 Å². The fourth-order valence-electron chi connectivity index (χ4n) is 1.66. The van der Waals surface area contributed by atoms with Crippen molar-refractivity contribution in [2.24, 2.45) is 0 Å². The summed E-state index contributed by atoms with van der Waals surface area (Å²) in [6.45, 7) is 0. The largest absolute Gasteiger partial charge is 0.0508 e. The lowest BCUT2D eigenvalue weighted by molar-refractivity contribution is 1.13. The maximum atomic E-state index is 3.62. The van der Waals surface area contributed by atoms with Crippen LogP contribution in [0.3, 0.4) is 0 Å². The topological polar surface area (TPSA) is 0 Å². The molecule has 0 N–H and O–H groups in total. The molecule has 0 aliphatic rings. The molecule has 0 fully saturated rings. The molecule has 0 aromatic heterocycles. The second-order valence-corrected chi connectivity index (χ2v) is 9.12. The number of hydrogen-bond acceptors (Lipinski definition) is 0. The third-order valence-corrected chi connectivity index (χ3v) is 6.31. The first-order chi connectivity index (χ1) is 8.88. The first kappa shape index (κ1) is 16.7. The lowest BCUT2D eigenvalue weighted by Crippen LogP contribution is -1.95. The van der Waals surface area contributed by atoms with E-state index in [0.717, 1.165) is 33.3 Å². The molecule has 0 amide bonds. The number of benzene rings is 2. The maximum Gasteiger partial charge on any atom is 0.0233 e. The van der Waals surface area contributed by atoms with E-state index in [4.69, 9.17) is 0 Å². The van der Waals surface area contributed by atoms with Gasteiger partial charge in [0.2, 0.25) is 0 Å². The molecule has 0 aliphatic heterocycles. The molecule has 0 saturated heterocycles. The lowest BCUT2D eigenvalue weighted by Gasteiger charge is -2.12. The van der Waals surface area contributed by atoms with E-state index < -0.39 is 0 Å². The quantitative estimate of drug-likeness (QED) is 0.314. The first-order valence-electron chi connectivity index (χ1n) is 5.15. The Morgan fingerprint density at radius 3 is 1.05 bits per heavy atom. The molecule has 0 aliphatic carbocycles. The van der Waals surface area contributed by atoms with Crippen LogP contribution in [0.1, 0.15) is 11.1 Å². The van der Waals surface area contributed by atoms with Gasteiger partial charge in [0.1, 0.15) is 0 Å². The van der Waals surface area contributed by atoms with Crippen LogP contribution < -0.4 is 0 Å². The van der Waals surface area contributed by atoms with Crippen molar-refractivity contribution in [2.75, 3.05) is 0 Å². The molecule has 2 aromatic rings. The smallest absolute Gasteiger partial charge is 0.0233 e. The Morgan fingerprint density at radius 1 is 0.526 bits per heavy atom. The molecular weight excluding hydrogens is 636 g/mol. The Kier molecular flexibility index (Phi) is 6.19. The molecule has 0 radical (unpaired) electrons. The Labute approximate surface area is 162 Å². The summed E-state index contributed by atoms with van der Waals surface area (Å²) in [5.74, 6) is 0. The predicted molar refractivity (Wildman–Crippen MR) is 102 cm³/mol. The summed E-state index contributed by atoms with van der Waals surface area (Å²) in [6.07, 6.45) is 0.822. The van der Waals surface area contributed by atoms with Crippen molar-refractivity contribution in [3.8, 4) is 0 Å². The van der Waals surface area contributed by atoms with Crippen LogP contribution in [-0.2, 0) is 6.42 Å². The summed E-state index contributed by atoms with van der Waals surface area (Å²) in [5.41, 5.74) is 2.43. The third kappa shape index (κ3) is 4.16. The summed E-state index contributed by atoms with van der Waals surface area (Å²) in [4.78, 5) is 0. The molecule has 2 aromatic carbocycles. The Hall–Kier alpha value is 1.32. The summed E-state index contributed by atoms with van der Waals surface area (Å²) in [6, 6.07) is 8.23. The number of rotatable bonds is 2. The molecule has 6 heteroatoms. The van der Waals surface area contributed by atoms with Gasteiger partial charge in [-0.15, -0.1) is 0 Å². The van der Waals surface area contributed by atoms with Crippen molar-refractivity contribution in [2.45, 2.75) is 6.42 Å². The van der Waals surface area contributed by atoms with Crippen molar-refractivity contribution < 1.29 is 0 Å². The average molecular weight is 642 g/mol. The zero-order valence-electron chi connectivity index (χ0n) is 9.28. The zero-order chi connectivity index (χ0) is 14.2. The van der Waals surface area contributed by atoms with Gasteiger partial charge in [0, 0.05) is 33.3 Å². The molecular formula is C13H6Br6. The predicted octanol–water partition coefficient (Wildman–Crippen LogP) is 7.85. The van der Waals surface area contributed by atoms with E-state index in [9.17, 15) is 0 Å². The van der Waals surface area contributed by atoms with Gasteiger partial charge in [0.15, 0.2) is 0 Å². The second kappa shape index (κ2) is 7.05. The van der Waals surface area contributed by atoms with Gasteiger partial charge < -0.3 is 0 Å². The van der Waals surface area contributed by atoms with Gasteiger partial charge in [0.05, 0.1) is 0 Å². The van der Waals surface area contributed by atoms with Crippen molar-refractivity contribution in [1.82, 2.24) is 0 Å². The van der Waals surface area contributed by atoms with Gasteiger partial charge in [-0.2, -0.15) is 0 Å². The van der Waals surface area contributed by atoms with Crippen molar-refractivity contribution >= 4 is 95.6 Å².